The van der Waals surface area contributed by atoms with Crippen LogP contribution in [0.25, 0.3) is 22.1 Å². The summed E-state index contributed by atoms with van der Waals surface area (Å²) in [6.07, 6.45) is 1.20. The largest absolute Gasteiger partial charge is 0.508 e. The summed E-state index contributed by atoms with van der Waals surface area (Å²) in [6.45, 7) is 0. The Morgan fingerprint density at radius 3 is 2.17 bits per heavy atom. The molecule has 0 aliphatic carbocycles. The Labute approximate surface area is 205 Å². The molecule has 5 rings (SSSR count). The van der Waals surface area contributed by atoms with E-state index in [9.17, 15) is 19.8 Å². The van der Waals surface area contributed by atoms with Gasteiger partial charge in [-0.2, -0.15) is 0 Å². The van der Waals surface area contributed by atoms with Gasteiger partial charge in [0.05, 0.1) is 33.3 Å². The van der Waals surface area contributed by atoms with Gasteiger partial charge in [0.25, 0.3) is 0 Å². The maximum absolute atomic E-state index is 13.5. The van der Waals surface area contributed by atoms with E-state index in [1.54, 1.807) is 24.3 Å². The molecule has 1 aliphatic rings. The molecular formula is C27H22O9. The zero-order chi connectivity index (χ0) is 25.6. The Morgan fingerprint density at radius 2 is 1.56 bits per heavy atom. The van der Waals surface area contributed by atoms with E-state index in [-0.39, 0.29) is 40.2 Å². The van der Waals surface area contributed by atoms with Gasteiger partial charge in [-0.3, -0.25) is 9.59 Å². The summed E-state index contributed by atoms with van der Waals surface area (Å²) in [5, 5.41) is 20.3. The van der Waals surface area contributed by atoms with Crippen molar-refractivity contribution in [3.8, 4) is 45.6 Å². The first-order chi connectivity index (χ1) is 17.4. The molecule has 4 aromatic rings. The third-order valence-corrected chi connectivity index (χ3v) is 6.25. The highest BCUT2D eigenvalue weighted by atomic mass is 16.5. The van der Waals surface area contributed by atoms with Crippen LogP contribution >= 0.6 is 0 Å². The van der Waals surface area contributed by atoms with Crippen LogP contribution in [0, 0.1) is 0 Å². The molecule has 3 aromatic carbocycles. The van der Waals surface area contributed by atoms with E-state index in [0.717, 1.165) is 0 Å². The van der Waals surface area contributed by atoms with Crippen molar-refractivity contribution in [1.82, 2.24) is 0 Å². The first-order valence-corrected chi connectivity index (χ1v) is 11.0. The van der Waals surface area contributed by atoms with Crippen molar-refractivity contribution in [1.29, 1.82) is 0 Å². The van der Waals surface area contributed by atoms with Crippen molar-refractivity contribution in [3.05, 3.63) is 70.1 Å². The average molecular weight is 490 g/mol. The maximum Gasteiger partial charge on any atom is 0.312 e. The van der Waals surface area contributed by atoms with Crippen LogP contribution in [0.4, 0.5) is 0 Å². The van der Waals surface area contributed by atoms with Crippen LogP contribution in [0.1, 0.15) is 23.5 Å². The van der Waals surface area contributed by atoms with Crippen molar-refractivity contribution in [2.45, 2.75) is 12.3 Å². The van der Waals surface area contributed by atoms with Gasteiger partial charge in [-0.25, -0.2) is 0 Å². The predicted molar refractivity (Wildman–Crippen MR) is 129 cm³/mol. The summed E-state index contributed by atoms with van der Waals surface area (Å²) in [4.78, 5) is 26.1. The molecule has 36 heavy (non-hydrogen) atoms. The minimum Gasteiger partial charge on any atom is -0.508 e. The number of rotatable bonds is 5. The van der Waals surface area contributed by atoms with Gasteiger partial charge in [0.2, 0.25) is 5.43 Å². The lowest BCUT2D eigenvalue weighted by molar-refractivity contribution is -0.135. The maximum atomic E-state index is 13.5. The monoisotopic (exact) mass is 490 g/mol. The van der Waals surface area contributed by atoms with Crippen LogP contribution in [0.2, 0.25) is 0 Å². The molecule has 1 unspecified atom stereocenters. The average Bonchev–Trinajstić information content (AvgIpc) is 2.87. The first kappa shape index (κ1) is 23.1. The van der Waals surface area contributed by atoms with Crippen molar-refractivity contribution in [2.75, 3.05) is 21.3 Å². The van der Waals surface area contributed by atoms with Gasteiger partial charge in [0.15, 0.2) is 0 Å². The molecule has 0 saturated heterocycles. The standard InChI is InChI=1S/C27H22O9/c1-32-15-8-19(33-2)23(20(9-15)34-3)16-10-22(30)36-21-11-18(29)25-26(31)17(12-35-27(25)24(16)21)13-4-6-14(28)7-5-13/h4-9,11-12,16,28-29H,10H2,1-3H3. The minimum absolute atomic E-state index is 0.0490. The topological polar surface area (TPSA) is 125 Å². The van der Waals surface area contributed by atoms with E-state index in [4.69, 9.17) is 23.4 Å². The van der Waals surface area contributed by atoms with E-state index in [1.165, 1.54) is 45.8 Å². The highest BCUT2D eigenvalue weighted by Crippen LogP contribution is 2.50. The van der Waals surface area contributed by atoms with Gasteiger partial charge in [-0.15, -0.1) is 0 Å². The number of hydrogen-bond acceptors (Lipinski definition) is 9. The molecule has 9 heteroatoms. The summed E-state index contributed by atoms with van der Waals surface area (Å²) >= 11 is 0. The van der Waals surface area contributed by atoms with Gasteiger partial charge < -0.3 is 33.6 Å². The summed E-state index contributed by atoms with van der Waals surface area (Å²) < 4.78 is 27.9. The van der Waals surface area contributed by atoms with Crippen LogP contribution in [-0.2, 0) is 4.79 Å². The molecule has 9 nitrogen and oxygen atoms in total. The van der Waals surface area contributed by atoms with Gasteiger partial charge in [0, 0.05) is 35.2 Å². The van der Waals surface area contributed by atoms with Gasteiger partial charge in [-0.05, 0) is 17.7 Å². The molecule has 0 radical (unpaired) electrons. The molecule has 1 atom stereocenters. The Kier molecular flexibility index (Phi) is 5.68. The van der Waals surface area contributed by atoms with E-state index in [1.807, 2.05) is 0 Å². The fourth-order valence-corrected chi connectivity index (χ4v) is 4.59. The van der Waals surface area contributed by atoms with Gasteiger partial charge in [0.1, 0.15) is 51.7 Å². The Hall–Kier alpha value is -4.66. The highest BCUT2D eigenvalue weighted by Gasteiger charge is 2.37. The third kappa shape index (κ3) is 3.65. The summed E-state index contributed by atoms with van der Waals surface area (Å²) in [5.41, 5.74) is 1.24. The van der Waals surface area contributed by atoms with Crippen LogP contribution in [0.15, 0.2) is 57.9 Å². The summed E-state index contributed by atoms with van der Waals surface area (Å²) in [6, 6.07) is 10.6. The van der Waals surface area contributed by atoms with E-state index < -0.39 is 17.3 Å². The van der Waals surface area contributed by atoms with Crippen molar-refractivity contribution in [3.63, 3.8) is 0 Å². The lowest BCUT2D eigenvalue weighted by Crippen LogP contribution is -2.23. The number of ether oxygens (including phenoxy) is 4. The fraction of sp³-hybridized carbons (Fsp3) is 0.185. The van der Waals surface area contributed by atoms with Crippen LogP contribution in [0.5, 0.6) is 34.5 Å². The molecule has 0 saturated carbocycles. The number of aromatic hydroxyl groups is 2. The van der Waals surface area contributed by atoms with Gasteiger partial charge >= 0.3 is 5.97 Å². The zero-order valence-electron chi connectivity index (χ0n) is 19.7. The minimum atomic E-state index is -0.678. The van der Waals surface area contributed by atoms with Crippen molar-refractivity contribution in [2.24, 2.45) is 0 Å². The second-order valence-corrected chi connectivity index (χ2v) is 8.21. The lowest BCUT2D eigenvalue weighted by atomic mass is 9.83. The number of fused-ring (bicyclic) bond motifs is 3. The van der Waals surface area contributed by atoms with Crippen molar-refractivity contribution >= 4 is 16.9 Å². The van der Waals surface area contributed by atoms with Crippen molar-refractivity contribution < 1.29 is 38.4 Å². The Bertz CT molecular complexity index is 1530. The zero-order valence-corrected chi connectivity index (χ0v) is 19.7. The highest BCUT2D eigenvalue weighted by molar-refractivity contribution is 5.94. The van der Waals surface area contributed by atoms with Crippen LogP contribution in [-0.4, -0.2) is 37.5 Å². The molecule has 0 amide bonds. The number of esters is 1. The molecule has 184 valence electrons. The molecule has 0 spiro atoms. The Balaban J connectivity index is 1.80. The molecular weight excluding hydrogens is 468 g/mol. The number of carbonyl (C=O) groups excluding carboxylic acids is 1. The SMILES string of the molecule is COc1cc(OC)c(C2CC(=O)Oc3cc(O)c4c(=O)c(-c5ccc(O)cc5)coc4c32)c(OC)c1. The number of carbonyl (C=O) groups is 1. The van der Waals surface area contributed by atoms with Gasteiger partial charge in [-0.1, -0.05) is 12.1 Å². The third-order valence-electron chi connectivity index (χ3n) is 6.25. The number of hydrogen-bond donors (Lipinski definition) is 2. The quantitative estimate of drug-likeness (QED) is 0.310. The van der Waals surface area contributed by atoms with E-state index in [0.29, 0.717) is 33.9 Å². The second-order valence-electron chi connectivity index (χ2n) is 8.21. The number of benzene rings is 3. The molecule has 0 bridgehead atoms. The summed E-state index contributed by atoms with van der Waals surface area (Å²) in [7, 11) is 4.48. The number of phenolic OH excluding ortho intramolecular Hbond substituents is 2. The molecule has 2 N–H and O–H groups in total. The fourth-order valence-electron chi connectivity index (χ4n) is 4.59. The Morgan fingerprint density at radius 1 is 0.889 bits per heavy atom. The normalized spacial score (nSPS) is 14.8. The van der Waals surface area contributed by atoms with E-state index >= 15 is 0 Å². The summed E-state index contributed by atoms with van der Waals surface area (Å²) in [5.74, 6) is -0.180. The molecule has 2 heterocycles. The molecule has 1 aromatic heterocycles. The molecule has 0 fully saturated rings. The predicted octanol–water partition coefficient (Wildman–Crippen LogP) is 4.34. The number of methoxy groups -OCH3 is 3. The first-order valence-electron chi connectivity index (χ1n) is 11.0. The van der Waals surface area contributed by atoms with Crippen LogP contribution in [0.3, 0.4) is 0 Å². The lowest BCUT2D eigenvalue weighted by Gasteiger charge is -2.28. The number of phenols is 2. The van der Waals surface area contributed by atoms with E-state index in [2.05, 4.69) is 0 Å². The van der Waals surface area contributed by atoms with Crippen LogP contribution < -0.4 is 24.4 Å². The molecule has 1 aliphatic heterocycles. The second kappa shape index (κ2) is 8.84. The smallest absolute Gasteiger partial charge is 0.312 e.